The maximum Gasteiger partial charge on any atom is 0.169 e. The number of methoxy groups -OCH3 is 1. The molecule has 3 rings (SSSR count). The molecule has 0 radical (unpaired) electrons. The maximum absolute atomic E-state index is 12.8. The van der Waals surface area contributed by atoms with Crippen LogP contribution in [0.3, 0.4) is 0 Å². The Morgan fingerprint density at radius 1 is 1.19 bits per heavy atom. The molecule has 1 fully saturated rings. The number of aryl methyl sites for hydroxylation is 2. The first kappa shape index (κ1) is 13.9. The molecule has 0 aliphatic heterocycles. The van der Waals surface area contributed by atoms with Gasteiger partial charge in [0.15, 0.2) is 5.78 Å². The first-order valence-corrected chi connectivity index (χ1v) is 7.47. The molecule has 2 atom stereocenters. The van der Waals surface area contributed by atoms with Gasteiger partial charge in [-0.3, -0.25) is 4.79 Å². The van der Waals surface area contributed by atoms with Crippen LogP contribution >= 0.6 is 0 Å². The van der Waals surface area contributed by atoms with E-state index in [-0.39, 0.29) is 11.7 Å². The average Bonchev–Trinajstić information content (AvgIpc) is 2.89. The minimum Gasteiger partial charge on any atom is -0.500 e. The molecule has 2 nitrogen and oxygen atoms in total. The summed E-state index contributed by atoms with van der Waals surface area (Å²) in [5.41, 5.74) is 4.80. The van der Waals surface area contributed by atoms with Gasteiger partial charge in [-0.1, -0.05) is 5.92 Å². The standard InChI is InChI=1S/C19H20O2/c1-5-13-8-11(2)16(12(3)9-13)17-18(20)14-6-7-15(10-14)19(17)21-4/h1,8-9,14-15H,6-7,10H2,2-4H3. The summed E-state index contributed by atoms with van der Waals surface area (Å²) in [7, 11) is 1.68. The molecule has 2 bridgehead atoms. The Hall–Kier alpha value is -2.01. The molecule has 108 valence electrons. The van der Waals surface area contributed by atoms with Gasteiger partial charge in [0, 0.05) is 17.4 Å². The molecule has 0 N–H and O–H groups in total. The summed E-state index contributed by atoms with van der Waals surface area (Å²) in [4.78, 5) is 12.8. The number of carbonyl (C=O) groups is 1. The highest BCUT2D eigenvalue weighted by molar-refractivity contribution is 6.24. The lowest BCUT2D eigenvalue weighted by Crippen LogP contribution is -2.23. The van der Waals surface area contributed by atoms with Gasteiger partial charge in [0.1, 0.15) is 5.76 Å². The summed E-state index contributed by atoms with van der Waals surface area (Å²) in [6.45, 7) is 4.04. The van der Waals surface area contributed by atoms with Crippen LogP contribution < -0.4 is 0 Å². The molecule has 2 aliphatic carbocycles. The number of hydrogen-bond acceptors (Lipinski definition) is 2. The van der Waals surface area contributed by atoms with Crippen molar-refractivity contribution < 1.29 is 9.53 Å². The normalized spacial score (nSPS) is 24.2. The zero-order valence-corrected chi connectivity index (χ0v) is 12.8. The lowest BCUT2D eigenvalue weighted by Gasteiger charge is -2.26. The van der Waals surface area contributed by atoms with Crippen molar-refractivity contribution in [1.82, 2.24) is 0 Å². The number of Topliss-reactive ketones (excluding diaryl/α,β-unsaturated/α-hetero) is 1. The first-order valence-electron chi connectivity index (χ1n) is 7.47. The second-order valence-corrected chi connectivity index (χ2v) is 6.14. The number of hydrogen-bond donors (Lipinski definition) is 0. The van der Waals surface area contributed by atoms with Crippen molar-refractivity contribution in [2.45, 2.75) is 33.1 Å². The number of fused-ring (bicyclic) bond motifs is 2. The van der Waals surface area contributed by atoms with E-state index in [4.69, 9.17) is 11.2 Å². The van der Waals surface area contributed by atoms with Gasteiger partial charge < -0.3 is 4.74 Å². The number of terminal acetylenes is 1. The summed E-state index contributed by atoms with van der Waals surface area (Å²) in [5.74, 6) is 4.38. The molecular formula is C19H20O2. The van der Waals surface area contributed by atoms with Gasteiger partial charge in [0.2, 0.25) is 0 Å². The Morgan fingerprint density at radius 3 is 2.38 bits per heavy atom. The van der Waals surface area contributed by atoms with Gasteiger partial charge in [-0.2, -0.15) is 0 Å². The molecule has 1 aromatic rings. The van der Waals surface area contributed by atoms with Crippen molar-refractivity contribution in [3.05, 3.63) is 40.1 Å². The van der Waals surface area contributed by atoms with Crippen LogP contribution in [0.2, 0.25) is 0 Å². The highest BCUT2D eigenvalue weighted by Gasteiger charge is 2.42. The molecule has 0 heterocycles. The molecule has 0 amide bonds. The quantitative estimate of drug-likeness (QED) is 0.773. The van der Waals surface area contributed by atoms with Gasteiger partial charge in [-0.15, -0.1) is 6.42 Å². The molecule has 21 heavy (non-hydrogen) atoms. The Balaban J connectivity index is 2.23. The van der Waals surface area contributed by atoms with E-state index in [0.29, 0.717) is 5.92 Å². The van der Waals surface area contributed by atoms with Crippen LogP contribution in [-0.2, 0) is 9.53 Å². The fourth-order valence-electron chi connectivity index (χ4n) is 3.94. The number of carbonyl (C=O) groups excluding carboxylic acids is 1. The van der Waals surface area contributed by atoms with E-state index in [1.807, 2.05) is 26.0 Å². The van der Waals surface area contributed by atoms with Gasteiger partial charge in [0.05, 0.1) is 12.7 Å². The monoisotopic (exact) mass is 280 g/mol. The molecule has 2 unspecified atom stereocenters. The van der Waals surface area contributed by atoms with Crippen molar-refractivity contribution in [2.75, 3.05) is 7.11 Å². The molecule has 1 saturated carbocycles. The molecule has 0 aromatic heterocycles. The van der Waals surface area contributed by atoms with Crippen LogP contribution in [0.25, 0.3) is 5.57 Å². The highest BCUT2D eigenvalue weighted by atomic mass is 16.5. The molecule has 0 saturated heterocycles. The van der Waals surface area contributed by atoms with E-state index in [1.165, 1.54) is 0 Å². The molecule has 1 aromatic carbocycles. The third-order valence-corrected chi connectivity index (χ3v) is 4.84. The van der Waals surface area contributed by atoms with Crippen molar-refractivity contribution in [2.24, 2.45) is 11.8 Å². The fraction of sp³-hybridized carbons (Fsp3) is 0.421. The van der Waals surface area contributed by atoms with Crippen molar-refractivity contribution in [3.8, 4) is 12.3 Å². The van der Waals surface area contributed by atoms with Crippen LogP contribution in [0.5, 0.6) is 0 Å². The summed E-state index contributed by atoms with van der Waals surface area (Å²) in [6, 6.07) is 3.96. The van der Waals surface area contributed by atoms with Crippen LogP contribution in [0.4, 0.5) is 0 Å². The summed E-state index contributed by atoms with van der Waals surface area (Å²) >= 11 is 0. The van der Waals surface area contributed by atoms with E-state index in [2.05, 4.69) is 5.92 Å². The lowest BCUT2D eigenvalue weighted by molar-refractivity contribution is -0.117. The van der Waals surface area contributed by atoms with E-state index in [1.54, 1.807) is 7.11 Å². The minimum atomic E-state index is 0.176. The second-order valence-electron chi connectivity index (χ2n) is 6.14. The molecule has 2 heteroatoms. The summed E-state index contributed by atoms with van der Waals surface area (Å²) in [5, 5.41) is 0. The number of ketones is 1. The fourth-order valence-corrected chi connectivity index (χ4v) is 3.94. The number of ether oxygens (including phenoxy) is 1. The number of rotatable bonds is 2. The zero-order valence-electron chi connectivity index (χ0n) is 12.8. The highest BCUT2D eigenvalue weighted by Crippen LogP contribution is 2.47. The third kappa shape index (κ3) is 2.08. The topological polar surface area (TPSA) is 26.3 Å². The van der Waals surface area contributed by atoms with E-state index in [0.717, 1.165) is 52.8 Å². The van der Waals surface area contributed by atoms with Crippen molar-refractivity contribution in [3.63, 3.8) is 0 Å². The van der Waals surface area contributed by atoms with Gasteiger partial charge in [-0.25, -0.2) is 0 Å². The Morgan fingerprint density at radius 2 is 1.81 bits per heavy atom. The van der Waals surface area contributed by atoms with E-state index in [9.17, 15) is 4.79 Å². The van der Waals surface area contributed by atoms with Crippen molar-refractivity contribution >= 4 is 11.4 Å². The lowest BCUT2D eigenvalue weighted by atomic mass is 9.80. The van der Waals surface area contributed by atoms with Crippen LogP contribution in [0.1, 0.15) is 41.5 Å². The third-order valence-electron chi connectivity index (χ3n) is 4.84. The molecule has 2 aliphatic rings. The second kappa shape index (κ2) is 5.07. The van der Waals surface area contributed by atoms with E-state index >= 15 is 0 Å². The maximum atomic E-state index is 12.8. The number of benzene rings is 1. The van der Waals surface area contributed by atoms with Gasteiger partial charge >= 0.3 is 0 Å². The van der Waals surface area contributed by atoms with Gasteiger partial charge in [-0.05, 0) is 61.9 Å². The minimum absolute atomic E-state index is 0.176. The Kier molecular flexibility index (Phi) is 3.37. The van der Waals surface area contributed by atoms with E-state index < -0.39 is 0 Å². The predicted octanol–water partition coefficient (Wildman–Crippen LogP) is 3.64. The number of allylic oxidation sites excluding steroid dienone is 2. The largest absolute Gasteiger partial charge is 0.500 e. The predicted molar refractivity (Wildman–Crippen MR) is 83.6 cm³/mol. The average molecular weight is 280 g/mol. The molecule has 0 spiro atoms. The molecular weight excluding hydrogens is 260 g/mol. The van der Waals surface area contributed by atoms with Crippen LogP contribution in [0.15, 0.2) is 17.9 Å². The van der Waals surface area contributed by atoms with Crippen LogP contribution in [0, 0.1) is 38.0 Å². The smallest absolute Gasteiger partial charge is 0.169 e. The van der Waals surface area contributed by atoms with Crippen molar-refractivity contribution in [1.29, 1.82) is 0 Å². The zero-order chi connectivity index (χ0) is 15.1. The SMILES string of the molecule is C#Cc1cc(C)c(C2=C(OC)C3CCC(C3)C2=O)c(C)c1. The Labute approximate surface area is 126 Å². The van der Waals surface area contributed by atoms with Gasteiger partial charge in [0.25, 0.3) is 0 Å². The Bertz CT molecular complexity index is 665. The summed E-state index contributed by atoms with van der Waals surface area (Å²) < 4.78 is 5.64. The first-order chi connectivity index (χ1) is 10.1. The van der Waals surface area contributed by atoms with Crippen LogP contribution in [-0.4, -0.2) is 12.9 Å². The summed E-state index contributed by atoms with van der Waals surface area (Å²) in [6.07, 6.45) is 8.49.